The van der Waals surface area contributed by atoms with Gasteiger partial charge in [0.1, 0.15) is 11.4 Å². The number of halogens is 2. The minimum atomic E-state index is -3.03. The highest BCUT2D eigenvalue weighted by Crippen LogP contribution is 2.30. The first-order chi connectivity index (χ1) is 12.4. The average molecular weight is 361 g/mol. The molecule has 0 bridgehead atoms. The maximum absolute atomic E-state index is 13.1. The molecule has 134 valence electrons. The summed E-state index contributed by atoms with van der Waals surface area (Å²) in [6.45, 7) is -3.03. The Kier molecular flexibility index (Phi) is 4.48. The third-order valence-electron chi connectivity index (χ3n) is 3.58. The molecule has 8 nitrogen and oxygen atoms in total. The van der Waals surface area contributed by atoms with E-state index in [-0.39, 0.29) is 33.0 Å². The number of H-pyrrole nitrogens is 1. The number of aromatic nitrogens is 4. The molecule has 0 aliphatic rings. The number of anilines is 1. The van der Waals surface area contributed by atoms with Gasteiger partial charge in [0.25, 0.3) is 5.56 Å². The van der Waals surface area contributed by atoms with E-state index in [4.69, 9.17) is 5.73 Å². The maximum atomic E-state index is 13.1. The molecule has 0 aromatic carbocycles. The lowest BCUT2D eigenvalue weighted by Crippen LogP contribution is -2.19. The van der Waals surface area contributed by atoms with Crippen molar-refractivity contribution in [3.05, 3.63) is 52.7 Å². The second kappa shape index (κ2) is 6.75. The summed E-state index contributed by atoms with van der Waals surface area (Å²) >= 11 is 0. The number of rotatable bonds is 4. The third kappa shape index (κ3) is 3.04. The highest BCUT2D eigenvalue weighted by Gasteiger charge is 2.21. The molecule has 0 spiro atoms. The van der Waals surface area contributed by atoms with Crippen LogP contribution in [0.5, 0.6) is 0 Å². The maximum Gasteiger partial charge on any atom is 0.360 e. The molecule has 0 saturated heterocycles. The Hall–Kier alpha value is -3.56. The van der Waals surface area contributed by atoms with Gasteiger partial charge in [-0.1, -0.05) is 0 Å². The predicted octanol–water partition coefficient (Wildman–Crippen LogP) is 2.06. The van der Waals surface area contributed by atoms with Crippen LogP contribution in [0.3, 0.4) is 0 Å². The zero-order valence-corrected chi connectivity index (χ0v) is 13.4. The van der Waals surface area contributed by atoms with Gasteiger partial charge < -0.3 is 15.5 Å². The molecule has 26 heavy (non-hydrogen) atoms. The number of methoxy groups -OCH3 is 1. The zero-order chi connectivity index (χ0) is 18.8. The summed E-state index contributed by atoms with van der Waals surface area (Å²) in [6, 6.07) is 5.67. The van der Waals surface area contributed by atoms with Gasteiger partial charge in [-0.3, -0.25) is 9.36 Å². The Labute approximate surface area is 145 Å². The van der Waals surface area contributed by atoms with Crippen LogP contribution in [-0.2, 0) is 4.74 Å². The Balaban J connectivity index is 2.29. The molecule has 0 saturated carbocycles. The van der Waals surface area contributed by atoms with Gasteiger partial charge in [0, 0.05) is 24.0 Å². The number of hydrogen-bond acceptors (Lipinski definition) is 6. The molecule has 3 N–H and O–H groups in total. The van der Waals surface area contributed by atoms with Crippen molar-refractivity contribution in [1.82, 2.24) is 19.5 Å². The van der Waals surface area contributed by atoms with Crippen LogP contribution >= 0.6 is 0 Å². The number of carbonyl (C=O) groups is 1. The van der Waals surface area contributed by atoms with Crippen LogP contribution in [0.25, 0.3) is 22.6 Å². The smallest absolute Gasteiger partial charge is 0.360 e. The summed E-state index contributed by atoms with van der Waals surface area (Å²) < 4.78 is 31.0. The van der Waals surface area contributed by atoms with Gasteiger partial charge in [0.2, 0.25) is 0 Å². The van der Waals surface area contributed by atoms with Crippen molar-refractivity contribution in [3.63, 3.8) is 0 Å². The molecule has 0 aliphatic carbocycles. The molecule has 0 radical (unpaired) electrons. The van der Waals surface area contributed by atoms with Gasteiger partial charge in [0.05, 0.1) is 12.8 Å². The lowest BCUT2D eigenvalue weighted by molar-refractivity contribution is 0.0594. The van der Waals surface area contributed by atoms with Crippen LogP contribution in [0.4, 0.5) is 14.6 Å². The predicted molar refractivity (Wildman–Crippen MR) is 88.5 cm³/mol. The minimum absolute atomic E-state index is 0.0939. The summed E-state index contributed by atoms with van der Waals surface area (Å²) in [7, 11) is 1.15. The summed E-state index contributed by atoms with van der Waals surface area (Å²) in [4.78, 5) is 34.7. The number of nitrogen functional groups attached to an aromatic ring is 1. The fourth-order valence-corrected chi connectivity index (χ4v) is 2.36. The zero-order valence-electron chi connectivity index (χ0n) is 13.4. The average Bonchev–Trinajstić information content (AvgIpc) is 3.15. The molecule has 0 amide bonds. The molecule has 3 heterocycles. The van der Waals surface area contributed by atoms with Crippen LogP contribution in [0, 0.1) is 0 Å². The first kappa shape index (κ1) is 17.3. The van der Waals surface area contributed by atoms with Gasteiger partial charge in [-0.25, -0.2) is 14.8 Å². The van der Waals surface area contributed by atoms with Crippen LogP contribution in [0.1, 0.15) is 17.0 Å². The van der Waals surface area contributed by atoms with Crippen LogP contribution < -0.4 is 11.3 Å². The number of ether oxygens (including phenoxy) is 1. The molecule has 0 aliphatic heterocycles. The van der Waals surface area contributed by atoms with Crippen molar-refractivity contribution >= 4 is 11.8 Å². The normalized spacial score (nSPS) is 10.9. The largest absolute Gasteiger partial charge is 0.464 e. The van der Waals surface area contributed by atoms with Crippen molar-refractivity contribution in [3.8, 4) is 22.6 Å². The van der Waals surface area contributed by atoms with Crippen LogP contribution in [-0.4, -0.2) is 32.6 Å². The molecular weight excluding hydrogens is 348 g/mol. The van der Waals surface area contributed by atoms with Gasteiger partial charge in [-0.15, -0.1) is 0 Å². The quantitative estimate of drug-likeness (QED) is 0.687. The Morgan fingerprint density at radius 1 is 1.27 bits per heavy atom. The van der Waals surface area contributed by atoms with E-state index in [0.717, 1.165) is 19.4 Å². The highest BCUT2D eigenvalue weighted by atomic mass is 19.3. The van der Waals surface area contributed by atoms with Gasteiger partial charge in [-0.2, -0.15) is 8.78 Å². The van der Waals surface area contributed by atoms with Crippen LogP contribution in [0.2, 0.25) is 0 Å². The van der Waals surface area contributed by atoms with E-state index >= 15 is 0 Å². The number of nitrogens with one attached hydrogen (secondary N) is 1. The molecule has 10 heteroatoms. The second-order valence-electron chi connectivity index (χ2n) is 5.17. The summed E-state index contributed by atoms with van der Waals surface area (Å²) in [5, 5.41) is 0. The van der Waals surface area contributed by atoms with E-state index in [1.807, 2.05) is 0 Å². The van der Waals surface area contributed by atoms with Crippen molar-refractivity contribution in [1.29, 1.82) is 0 Å². The molecule has 3 rings (SSSR count). The highest BCUT2D eigenvalue weighted by molar-refractivity contribution is 5.94. The van der Waals surface area contributed by atoms with Crippen molar-refractivity contribution < 1.29 is 18.3 Å². The fraction of sp³-hybridized carbons (Fsp3) is 0.125. The van der Waals surface area contributed by atoms with Crippen molar-refractivity contribution in [2.45, 2.75) is 6.55 Å². The number of pyridine rings is 1. The topological polar surface area (TPSA) is 116 Å². The Morgan fingerprint density at radius 2 is 2.04 bits per heavy atom. The summed E-state index contributed by atoms with van der Waals surface area (Å²) in [5.74, 6) is -0.996. The van der Waals surface area contributed by atoms with Crippen molar-refractivity contribution in [2.75, 3.05) is 12.8 Å². The fourth-order valence-electron chi connectivity index (χ4n) is 2.36. The lowest BCUT2D eigenvalue weighted by Gasteiger charge is -2.12. The molecule has 0 atom stereocenters. The van der Waals surface area contributed by atoms with E-state index < -0.39 is 18.1 Å². The number of esters is 1. The number of hydrogen-bond donors (Lipinski definition) is 2. The minimum Gasteiger partial charge on any atom is -0.464 e. The number of alkyl halides is 2. The number of carbonyl (C=O) groups excluding carboxylic acids is 1. The summed E-state index contributed by atoms with van der Waals surface area (Å²) in [5.41, 5.74) is 5.65. The third-order valence-corrected chi connectivity index (χ3v) is 3.58. The molecule has 3 aromatic rings. The van der Waals surface area contributed by atoms with Gasteiger partial charge >= 0.3 is 12.5 Å². The SMILES string of the molecule is COC(=O)c1nc(-c2ccc(=O)n(C(F)F)c2)c(-c2ccc[nH]2)nc1N. The first-order valence-corrected chi connectivity index (χ1v) is 7.32. The molecular formula is C16H13F2N5O3. The van der Waals surface area contributed by atoms with E-state index in [2.05, 4.69) is 19.7 Å². The molecule has 0 unspecified atom stereocenters. The van der Waals surface area contributed by atoms with Gasteiger partial charge in [-0.05, 0) is 18.2 Å². The standard InChI is InChI=1S/C16H13F2N5O3/c1-26-15(25)13-14(19)22-12(9-3-2-6-20-9)11(21-13)8-4-5-10(24)23(7-8)16(17)18/h2-7,16,20H,1H3,(H2,19,22). The first-order valence-electron chi connectivity index (χ1n) is 7.32. The molecule has 0 fully saturated rings. The number of aromatic amines is 1. The van der Waals surface area contributed by atoms with E-state index in [1.54, 1.807) is 18.3 Å². The monoisotopic (exact) mass is 361 g/mol. The van der Waals surface area contributed by atoms with E-state index in [1.165, 1.54) is 6.07 Å². The second-order valence-corrected chi connectivity index (χ2v) is 5.17. The molecule has 3 aromatic heterocycles. The summed E-state index contributed by atoms with van der Waals surface area (Å²) in [6.07, 6.45) is 2.58. The number of nitrogens with zero attached hydrogens (tertiary/aromatic N) is 3. The van der Waals surface area contributed by atoms with Crippen molar-refractivity contribution in [2.24, 2.45) is 0 Å². The van der Waals surface area contributed by atoms with Gasteiger partial charge in [0.15, 0.2) is 11.5 Å². The Bertz CT molecular complexity index is 1020. The Morgan fingerprint density at radius 3 is 2.65 bits per heavy atom. The van der Waals surface area contributed by atoms with E-state index in [0.29, 0.717) is 5.69 Å². The van der Waals surface area contributed by atoms with E-state index in [9.17, 15) is 18.4 Å². The number of nitrogens with two attached hydrogens (primary N) is 1. The van der Waals surface area contributed by atoms with Crippen LogP contribution in [0.15, 0.2) is 41.5 Å². The lowest BCUT2D eigenvalue weighted by atomic mass is 10.1.